The largest absolute Gasteiger partial charge is 0.387 e. The first-order chi connectivity index (χ1) is 6.64. The van der Waals surface area contributed by atoms with Crippen molar-refractivity contribution >= 4 is 17.6 Å². The third-order valence-electron chi connectivity index (χ3n) is 1.77. The molecule has 0 fully saturated rings. The van der Waals surface area contributed by atoms with E-state index in [9.17, 15) is 5.11 Å². The van der Waals surface area contributed by atoms with Crippen LogP contribution in [0.25, 0.3) is 0 Å². The van der Waals surface area contributed by atoms with Gasteiger partial charge in [-0.05, 0) is 25.3 Å². The van der Waals surface area contributed by atoms with Crippen LogP contribution in [0.15, 0.2) is 24.4 Å². The molecule has 1 heterocycles. The van der Waals surface area contributed by atoms with Crippen molar-refractivity contribution in [3.05, 3.63) is 24.4 Å². The molecule has 3 nitrogen and oxygen atoms in total. The molecule has 14 heavy (non-hydrogen) atoms. The maximum atomic E-state index is 9.86. The van der Waals surface area contributed by atoms with E-state index < -0.39 is 5.60 Å². The summed E-state index contributed by atoms with van der Waals surface area (Å²) < 4.78 is 0. The van der Waals surface area contributed by atoms with Crippen LogP contribution in [0.4, 0.5) is 5.82 Å². The zero-order valence-electron chi connectivity index (χ0n) is 8.53. The molecule has 2 N–H and O–H groups in total. The monoisotopic (exact) mass is 212 g/mol. The van der Waals surface area contributed by atoms with E-state index in [2.05, 4.69) is 10.3 Å². The number of anilines is 1. The van der Waals surface area contributed by atoms with Crippen molar-refractivity contribution < 1.29 is 5.11 Å². The van der Waals surface area contributed by atoms with Crippen LogP contribution in [0.3, 0.4) is 0 Å². The van der Waals surface area contributed by atoms with E-state index in [0.717, 1.165) is 5.82 Å². The summed E-state index contributed by atoms with van der Waals surface area (Å²) in [4.78, 5) is 4.11. The van der Waals surface area contributed by atoms with E-state index in [4.69, 9.17) is 0 Å². The molecule has 0 aliphatic carbocycles. The van der Waals surface area contributed by atoms with Crippen molar-refractivity contribution in [1.82, 2.24) is 4.98 Å². The van der Waals surface area contributed by atoms with Crippen LogP contribution in [-0.4, -0.2) is 34.2 Å². The number of hydrogen-bond acceptors (Lipinski definition) is 4. The van der Waals surface area contributed by atoms with Crippen molar-refractivity contribution in [2.24, 2.45) is 0 Å². The summed E-state index contributed by atoms with van der Waals surface area (Å²) in [6.07, 6.45) is 3.71. The molecular formula is C10H16N2OS. The summed E-state index contributed by atoms with van der Waals surface area (Å²) in [5.41, 5.74) is -0.684. The summed E-state index contributed by atoms with van der Waals surface area (Å²) in [7, 11) is 0. The van der Waals surface area contributed by atoms with Gasteiger partial charge in [0.2, 0.25) is 0 Å². The number of aromatic nitrogens is 1. The molecule has 0 saturated carbocycles. The molecule has 0 aromatic carbocycles. The Bertz CT molecular complexity index is 264. The predicted molar refractivity (Wildman–Crippen MR) is 61.7 cm³/mol. The third kappa shape index (κ3) is 3.98. The molecular weight excluding hydrogens is 196 g/mol. The number of pyridine rings is 1. The molecule has 0 radical (unpaired) electrons. The summed E-state index contributed by atoms with van der Waals surface area (Å²) in [5, 5.41) is 13.0. The fraction of sp³-hybridized carbons (Fsp3) is 0.500. The normalized spacial score (nSPS) is 14.8. The molecule has 0 spiro atoms. The van der Waals surface area contributed by atoms with Gasteiger partial charge in [0.25, 0.3) is 0 Å². The Morgan fingerprint density at radius 2 is 2.36 bits per heavy atom. The minimum absolute atomic E-state index is 0.519. The molecule has 0 aliphatic heterocycles. The molecule has 0 bridgehead atoms. The number of thioether (sulfide) groups is 1. The lowest BCUT2D eigenvalue weighted by Crippen LogP contribution is -2.36. The van der Waals surface area contributed by atoms with Gasteiger partial charge in [-0.1, -0.05) is 6.07 Å². The van der Waals surface area contributed by atoms with Crippen molar-refractivity contribution in [2.75, 3.05) is 23.9 Å². The maximum absolute atomic E-state index is 9.86. The fourth-order valence-electron chi connectivity index (χ4n) is 1.11. The zero-order chi connectivity index (χ0) is 10.4. The fourth-order valence-corrected chi connectivity index (χ4v) is 1.83. The van der Waals surface area contributed by atoms with E-state index in [0.29, 0.717) is 12.3 Å². The highest BCUT2D eigenvalue weighted by Gasteiger charge is 2.18. The number of rotatable bonds is 5. The van der Waals surface area contributed by atoms with Crippen molar-refractivity contribution in [1.29, 1.82) is 0 Å². The van der Waals surface area contributed by atoms with Gasteiger partial charge >= 0.3 is 0 Å². The lowest BCUT2D eigenvalue weighted by Gasteiger charge is -2.22. The Hall–Kier alpha value is -0.740. The average molecular weight is 212 g/mol. The second kappa shape index (κ2) is 5.22. The Labute approximate surface area is 88.9 Å². The molecule has 78 valence electrons. The van der Waals surface area contributed by atoms with Crippen molar-refractivity contribution in [3.63, 3.8) is 0 Å². The van der Waals surface area contributed by atoms with Crippen molar-refractivity contribution in [3.8, 4) is 0 Å². The smallest absolute Gasteiger partial charge is 0.125 e. The van der Waals surface area contributed by atoms with E-state index >= 15 is 0 Å². The van der Waals surface area contributed by atoms with Gasteiger partial charge in [0.15, 0.2) is 0 Å². The first-order valence-electron chi connectivity index (χ1n) is 4.50. The first-order valence-corrected chi connectivity index (χ1v) is 5.90. The van der Waals surface area contributed by atoms with Gasteiger partial charge in [-0.3, -0.25) is 0 Å². The molecule has 1 rings (SSSR count). The van der Waals surface area contributed by atoms with Gasteiger partial charge in [-0.25, -0.2) is 4.98 Å². The quantitative estimate of drug-likeness (QED) is 0.778. The summed E-state index contributed by atoms with van der Waals surface area (Å²) in [5.74, 6) is 1.51. The highest BCUT2D eigenvalue weighted by molar-refractivity contribution is 7.98. The van der Waals surface area contributed by atoms with Crippen molar-refractivity contribution in [2.45, 2.75) is 12.5 Å². The number of hydrogen-bond donors (Lipinski definition) is 2. The van der Waals surface area contributed by atoms with E-state index in [1.54, 1.807) is 18.0 Å². The summed E-state index contributed by atoms with van der Waals surface area (Å²) >= 11 is 1.63. The number of aliphatic hydroxyl groups is 1. The third-order valence-corrected chi connectivity index (χ3v) is 2.68. The molecule has 1 atom stereocenters. The SMILES string of the molecule is CSC[C@@](C)(O)CNc1ccccn1. The standard InChI is InChI=1S/C10H16N2OS/c1-10(13,8-14-2)7-12-9-5-3-4-6-11-9/h3-6,13H,7-8H2,1-2H3,(H,11,12)/t10-/m0/s1. The second-order valence-electron chi connectivity index (χ2n) is 3.50. The zero-order valence-corrected chi connectivity index (χ0v) is 9.34. The Kier molecular flexibility index (Phi) is 4.22. The van der Waals surface area contributed by atoms with Crippen LogP contribution in [0.5, 0.6) is 0 Å². The van der Waals surface area contributed by atoms with Crippen LogP contribution in [0.1, 0.15) is 6.92 Å². The lowest BCUT2D eigenvalue weighted by molar-refractivity contribution is 0.0996. The maximum Gasteiger partial charge on any atom is 0.125 e. The van der Waals surface area contributed by atoms with Crippen LogP contribution in [-0.2, 0) is 0 Å². The number of nitrogens with zero attached hydrogens (tertiary/aromatic N) is 1. The molecule has 1 aromatic heterocycles. The van der Waals surface area contributed by atoms with Gasteiger partial charge in [-0.15, -0.1) is 0 Å². The average Bonchev–Trinajstić information content (AvgIpc) is 2.17. The first kappa shape index (κ1) is 11.3. The minimum Gasteiger partial charge on any atom is -0.387 e. The Balaban J connectivity index is 2.40. The molecule has 0 unspecified atom stereocenters. The summed E-state index contributed by atoms with van der Waals surface area (Å²) in [6, 6.07) is 5.67. The molecule has 4 heteroatoms. The van der Waals surface area contributed by atoms with Gasteiger partial charge in [0, 0.05) is 18.5 Å². The number of nitrogens with one attached hydrogen (secondary N) is 1. The Morgan fingerprint density at radius 3 is 2.93 bits per heavy atom. The second-order valence-corrected chi connectivity index (χ2v) is 4.36. The topological polar surface area (TPSA) is 45.1 Å². The highest BCUT2D eigenvalue weighted by atomic mass is 32.2. The van der Waals surface area contributed by atoms with E-state index in [1.807, 2.05) is 31.4 Å². The lowest BCUT2D eigenvalue weighted by atomic mass is 10.1. The van der Waals surface area contributed by atoms with Gasteiger partial charge in [0.1, 0.15) is 5.82 Å². The molecule has 0 saturated heterocycles. The van der Waals surface area contributed by atoms with Crippen LogP contribution < -0.4 is 5.32 Å². The molecule has 1 aromatic rings. The Morgan fingerprint density at radius 1 is 1.57 bits per heavy atom. The van der Waals surface area contributed by atoms with E-state index in [-0.39, 0.29) is 0 Å². The predicted octanol–water partition coefficient (Wildman–Crippen LogP) is 1.61. The molecule has 0 aliphatic rings. The van der Waals surface area contributed by atoms with Gasteiger partial charge < -0.3 is 10.4 Å². The van der Waals surface area contributed by atoms with Gasteiger partial charge in [0.05, 0.1) is 5.60 Å². The van der Waals surface area contributed by atoms with Crippen LogP contribution in [0, 0.1) is 0 Å². The highest BCUT2D eigenvalue weighted by Crippen LogP contribution is 2.11. The summed E-state index contributed by atoms with van der Waals surface area (Å²) in [6.45, 7) is 2.34. The van der Waals surface area contributed by atoms with Crippen LogP contribution in [0.2, 0.25) is 0 Å². The minimum atomic E-state index is -0.684. The van der Waals surface area contributed by atoms with E-state index in [1.165, 1.54) is 0 Å². The van der Waals surface area contributed by atoms with Gasteiger partial charge in [-0.2, -0.15) is 11.8 Å². The molecule has 0 amide bonds. The van der Waals surface area contributed by atoms with Crippen LogP contribution >= 0.6 is 11.8 Å².